The van der Waals surface area contributed by atoms with Crippen LogP contribution in [-0.4, -0.2) is 86.6 Å². The molecule has 0 radical (unpaired) electrons. The Hall–Kier alpha value is -3.22. The molecule has 3 aliphatic rings. The zero-order valence-electron chi connectivity index (χ0n) is 22.5. The second-order valence-corrected chi connectivity index (χ2v) is 13.7. The van der Waals surface area contributed by atoms with Gasteiger partial charge in [0.15, 0.2) is 22.9 Å². The van der Waals surface area contributed by atoms with E-state index in [1.165, 1.54) is 34.4 Å². The molecule has 6 N–H and O–H groups in total. The Labute approximate surface area is 246 Å². The zero-order valence-corrected chi connectivity index (χ0v) is 24.3. The van der Waals surface area contributed by atoms with E-state index in [9.17, 15) is 18.9 Å². The average molecular weight is 658 g/mol. The molecule has 0 bridgehead atoms. The van der Waals surface area contributed by atoms with Crippen LogP contribution in [0.4, 0.5) is 20.4 Å². The molecule has 7 rings (SSSR count). The van der Waals surface area contributed by atoms with Crippen molar-refractivity contribution in [1.82, 2.24) is 39.0 Å². The lowest BCUT2D eigenvalue weighted by molar-refractivity contribution is -0.0118. The van der Waals surface area contributed by atoms with Gasteiger partial charge in [-0.3, -0.25) is 18.1 Å². The summed E-state index contributed by atoms with van der Waals surface area (Å²) in [5.74, 6) is -1.96. The SMILES string of the molecule is Nc1ncnc2c1ncn2C1CC2COP(=O)(O)OC3C(COP(=O)(O)OC2C1F)CC(n1cnc2c(N)ncnc21)C3F. The molecule has 5 heterocycles. The lowest BCUT2D eigenvalue weighted by Crippen LogP contribution is -2.33. The Morgan fingerprint density at radius 1 is 0.727 bits per heavy atom. The van der Waals surface area contributed by atoms with Gasteiger partial charge in [-0.05, 0) is 12.8 Å². The van der Waals surface area contributed by atoms with E-state index in [1.807, 2.05) is 0 Å². The summed E-state index contributed by atoms with van der Waals surface area (Å²) in [6.45, 7) is -1.28. The highest BCUT2D eigenvalue weighted by atomic mass is 31.2. The fourth-order valence-corrected chi connectivity index (χ4v) is 8.30. The molecule has 44 heavy (non-hydrogen) atoms. The van der Waals surface area contributed by atoms with Crippen LogP contribution < -0.4 is 11.5 Å². The van der Waals surface area contributed by atoms with Crippen molar-refractivity contribution in [3.63, 3.8) is 0 Å². The molecule has 10 unspecified atom stereocenters. The number of phosphoric acid groups is 2. The van der Waals surface area contributed by atoms with E-state index in [0.717, 1.165) is 0 Å². The largest absolute Gasteiger partial charge is 0.472 e. The highest BCUT2D eigenvalue weighted by Crippen LogP contribution is 2.57. The third-order valence-electron chi connectivity index (χ3n) is 8.28. The number of imidazole rings is 2. The van der Waals surface area contributed by atoms with Crippen LogP contribution in [0.2, 0.25) is 0 Å². The van der Waals surface area contributed by atoms with Crippen molar-refractivity contribution >= 4 is 49.6 Å². The summed E-state index contributed by atoms with van der Waals surface area (Å²) in [4.78, 5) is 45.4. The molecule has 1 aliphatic heterocycles. The molecular weight excluding hydrogens is 632 g/mol. The number of rotatable bonds is 2. The second kappa shape index (κ2) is 10.7. The molecule has 0 aromatic carbocycles. The van der Waals surface area contributed by atoms with Gasteiger partial charge in [0.25, 0.3) is 0 Å². The molecule has 18 nitrogen and oxygen atoms in total. The third-order valence-corrected chi connectivity index (χ3v) is 10.3. The van der Waals surface area contributed by atoms with Crippen molar-refractivity contribution in [2.75, 3.05) is 24.7 Å². The molecule has 10 atom stereocenters. The Balaban J connectivity index is 1.17. The minimum absolute atomic E-state index is 0.0671. The number of hydrogen-bond donors (Lipinski definition) is 4. The summed E-state index contributed by atoms with van der Waals surface area (Å²) in [5.41, 5.74) is 12.5. The maximum Gasteiger partial charge on any atom is 0.472 e. The molecule has 4 aromatic heterocycles. The monoisotopic (exact) mass is 658 g/mol. The number of alkyl halides is 2. The number of anilines is 2. The molecule has 2 aliphatic carbocycles. The van der Waals surface area contributed by atoms with Gasteiger partial charge in [-0.1, -0.05) is 0 Å². The first-order valence-corrected chi connectivity index (χ1v) is 16.4. The Bertz CT molecular complexity index is 1700. The van der Waals surface area contributed by atoms with Crippen LogP contribution in [0.15, 0.2) is 25.3 Å². The van der Waals surface area contributed by atoms with Crippen molar-refractivity contribution < 1.29 is 45.8 Å². The predicted molar refractivity (Wildman–Crippen MR) is 145 cm³/mol. The molecule has 236 valence electrons. The summed E-state index contributed by atoms with van der Waals surface area (Å²) < 4.78 is 81.9. The van der Waals surface area contributed by atoms with Crippen molar-refractivity contribution in [3.05, 3.63) is 25.3 Å². The Morgan fingerprint density at radius 3 is 1.55 bits per heavy atom. The van der Waals surface area contributed by atoms with Gasteiger partial charge < -0.3 is 30.4 Å². The van der Waals surface area contributed by atoms with Crippen LogP contribution in [0.1, 0.15) is 24.9 Å². The van der Waals surface area contributed by atoms with Gasteiger partial charge >= 0.3 is 15.6 Å². The van der Waals surface area contributed by atoms with Crippen LogP contribution in [0, 0.1) is 11.8 Å². The number of nitrogens with two attached hydrogens (primary N) is 2. The van der Waals surface area contributed by atoms with Crippen LogP contribution in [0.3, 0.4) is 0 Å². The Morgan fingerprint density at radius 2 is 1.14 bits per heavy atom. The van der Waals surface area contributed by atoms with Crippen molar-refractivity contribution in [2.24, 2.45) is 11.8 Å². The van der Waals surface area contributed by atoms with E-state index in [2.05, 4.69) is 29.9 Å². The van der Waals surface area contributed by atoms with E-state index in [1.54, 1.807) is 0 Å². The topological polar surface area (TPSA) is 251 Å². The predicted octanol–water partition coefficient (Wildman–Crippen LogP) is 1.65. The number of halogens is 2. The number of aromatic nitrogens is 8. The summed E-state index contributed by atoms with van der Waals surface area (Å²) in [7, 11) is -9.93. The minimum atomic E-state index is -4.96. The van der Waals surface area contributed by atoms with Gasteiger partial charge in [-0.25, -0.2) is 47.8 Å². The van der Waals surface area contributed by atoms with Gasteiger partial charge in [-0.2, -0.15) is 0 Å². The van der Waals surface area contributed by atoms with Crippen LogP contribution in [-0.2, 0) is 27.2 Å². The van der Waals surface area contributed by atoms with E-state index in [4.69, 9.17) is 29.6 Å². The number of nitrogens with zero attached hydrogens (tertiary/aromatic N) is 8. The first-order chi connectivity index (χ1) is 20.9. The first kappa shape index (κ1) is 29.5. The van der Waals surface area contributed by atoms with E-state index in [0.29, 0.717) is 0 Å². The number of phosphoric ester groups is 2. The van der Waals surface area contributed by atoms with E-state index in [-0.39, 0.29) is 46.8 Å². The molecule has 4 aromatic rings. The fourth-order valence-electron chi connectivity index (χ4n) is 6.23. The van der Waals surface area contributed by atoms with Gasteiger partial charge in [0, 0.05) is 11.8 Å². The number of nitrogen functional groups attached to an aromatic ring is 2. The number of fused-ring (bicyclic) bond motifs is 4. The number of hydrogen-bond acceptors (Lipinski definition) is 14. The van der Waals surface area contributed by atoms with Gasteiger partial charge in [-0.15, -0.1) is 0 Å². The maximum atomic E-state index is 16.0. The highest BCUT2D eigenvalue weighted by molar-refractivity contribution is 7.47. The zero-order chi connectivity index (χ0) is 31.0. The standard InChI is InChI=1S/C22H26F2N10O8P2/c23-13-11(33-7-31-15-19(25)27-5-29-21(15)33)1-9-3-39-43(35,36)42-18-10(4-40-44(37,38)41-17(9)13)2-12(14(18)24)34-8-32-16-20(26)28-6-30-22(16)34/h5-14,17-18H,1-4H2,(H,35,36)(H,37,38)(H2,25,27,29)(H2,26,28,30). The molecule has 1 saturated heterocycles. The Kier molecular flexibility index (Phi) is 7.17. The molecule has 0 spiro atoms. The van der Waals surface area contributed by atoms with Gasteiger partial charge in [0.1, 0.15) is 48.2 Å². The minimum Gasteiger partial charge on any atom is -0.382 e. The average Bonchev–Trinajstić information content (AvgIpc) is 3.73. The molecule has 2 saturated carbocycles. The first-order valence-electron chi connectivity index (χ1n) is 13.4. The van der Waals surface area contributed by atoms with Gasteiger partial charge in [0.2, 0.25) is 0 Å². The summed E-state index contributed by atoms with van der Waals surface area (Å²) >= 11 is 0. The quantitative estimate of drug-likeness (QED) is 0.223. The summed E-state index contributed by atoms with van der Waals surface area (Å²) in [6.07, 6.45) is -2.37. The fraction of sp³-hybridized carbons (Fsp3) is 0.545. The maximum absolute atomic E-state index is 16.0. The molecular formula is C22H26F2N10O8P2. The lowest BCUT2D eigenvalue weighted by Gasteiger charge is -2.28. The van der Waals surface area contributed by atoms with Crippen LogP contribution in [0.5, 0.6) is 0 Å². The van der Waals surface area contributed by atoms with Crippen LogP contribution >= 0.6 is 15.6 Å². The normalized spacial score (nSPS) is 38.3. The summed E-state index contributed by atoms with van der Waals surface area (Å²) in [5, 5.41) is 0. The summed E-state index contributed by atoms with van der Waals surface area (Å²) in [6, 6.07) is -2.09. The second-order valence-electron chi connectivity index (χ2n) is 10.8. The molecule has 0 amide bonds. The highest BCUT2D eigenvalue weighted by Gasteiger charge is 2.53. The molecule has 3 fully saturated rings. The van der Waals surface area contributed by atoms with Crippen molar-refractivity contribution in [1.29, 1.82) is 0 Å². The van der Waals surface area contributed by atoms with Crippen molar-refractivity contribution in [2.45, 2.75) is 49.5 Å². The van der Waals surface area contributed by atoms with Crippen molar-refractivity contribution in [3.8, 4) is 0 Å². The third kappa shape index (κ3) is 5.04. The van der Waals surface area contributed by atoms with Crippen LogP contribution in [0.25, 0.3) is 22.3 Å². The van der Waals surface area contributed by atoms with Gasteiger partial charge in [0.05, 0.1) is 38.0 Å². The lowest BCUT2D eigenvalue weighted by atomic mass is 10.1. The van der Waals surface area contributed by atoms with E-state index < -0.39 is 77.3 Å². The molecule has 22 heteroatoms. The van der Waals surface area contributed by atoms with E-state index >= 15 is 8.78 Å². The smallest absolute Gasteiger partial charge is 0.382 e.